The molecule has 0 atom stereocenters. The number of aromatic nitrogens is 1. The zero-order valence-corrected chi connectivity index (χ0v) is 18.0. The maximum atomic E-state index is 12.6. The molecule has 1 aliphatic rings. The number of rotatable bonds is 5. The van der Waals surface area contributed by atoms with E-state index in [2.05, 4.69) is 24.4 Å². The fraction of sp³-hybridized carbons (Fsp3) is 0.348. The van der Waals surface area contributed by atoms with Gasteiger partial charge in [-0.05, 0) is 61.7 Å². The number of benzene rings is 2. The number of aryl methyl sites for hydroxylation is 1. The van der Waals surface area contributed by atoms with Crippen LogP contribution in [0.4, 0.5) is 5.69 Å². The number of piperidine rings is 1. The molecular formula is C23H25N3O3S. The number of methoxy groups -OCH3 is 1. The molecule has 7 heteroatoms. The van der Waals surface area contributed by atoms with Gasteiger partial charge >= 0.3 is 0 Å². The number of ether oxygens (including phenoxy) is 1. The Morgan fingerprint density at radius 3 is 2.60 bits per heavy atom. The second-order valence-corrected chi connectivity index (χ2v) is 8.68. The van der Waals surface area contributed by atoms with Crippen LogP contribution in [0.1, 0.15) is 18.4 Å². The van der Waals surface area contributed by atoms with Crippen LogP contribution in [0, 0.1) is 12.8 Å². The molecule has 0 unspecified atom stereocenters. The molecule has 0 radical (unpaired) electrons. The fourth-order valence-corrected chi connectivity index (χ4v) is 4.77. The summed E-state index contributed by atoms with van der Waals surface area (Å²) in [5.74, 6) is -0.0854. The summed E-state index contributed by atoms with van der Waals surface area (Å²) in [4.78, 5) is 31.0. The van der Waals surface area contributed by atoms with E-state index in [0.717, 1.165) is 21.8 Å². The molecule has 4 rings (SSSR count). The molecule has 1 N–H and O–H groups in total. The van der Waals surface area contributed by atoms with Crippen molar-refractivity contribution >= 4 is 39.1 Å². The largest absolute Gasteiger partial charge is 0.375 e. The number of hydrogen-bond donors (Lipinski definition) is 1. The Morgan fingerprint density at radius 2 is 1.90 bits per heavy atom. The number of anilines is 1. The highest BCUT2D eigenvalue weighted by Gasteiger charge is 2.27. The minimum atomic E-state index is -0.0798. The molecule has 1 saturated heterocycles. The third-order valence-corrected chi connectivity index (χ3v) is 6.50. The lowest BCUT2D eigenvalue weighted by molar-refractivity contribution is -0.138. The van der Waals surface area contributed by atoms with Crippen LogP contribution in [0.5, 0.6) is 0 Å². The number of carbonyl (C=O) groups excluding carboxylic acids is 2. The molecule has 3 aromatic rings. The average molecular weight is 424 g/mol. The maximum absolute atomic E-state index is 12.6. The summed E-state index contributed by atoms with van der Waals surface area (Å²) in [6.45, 7) is 3.36. The first-order chi connectivity index (χ1) is 14.5. The summed E-state index contributed by atoms with van der Waals surface area (Å²) >= 11 is 1.67. The molecule has 2 amide bonds. The van der Waals surface area contributed by atoms with Gasteiger partial charge in [-0.25, -0.2) is 4.98 Å². The van der Waals surface area contributed by atoms with Crippen molar-refractivity contribution in [2.75, 3.05) is 32.1 Å². The molecule has 1 aromatic heterocycles. The van der Waals surface area contributed by atoms with Gasteiger partial charge in [0, 0.05) is 37.4 Å². The molecule has 1 aliphatic heterocycles. The van der Waals surface area contributed by atoms with Gasteiger partial charge in [-0.1, -0.05) is 6.07 Å². The molecule has 0 aliphatic carbocycles. The van der Waals surface area contributed by atoms with Crippen LogP contribution in [-0.4, -0.2) is 48.5 Å². The van der Waals surface area contributed by atoms with Crippen molar-refractivity contribution < 1.29 is 14.3 Å². The molecule has 2 heterocycles. The van der Waals surface area contributed by atoms with Crippen LogP contribution < -0.4 is 5.32 Å². The van der Waals surface area contributed by atoms with Gasteiger partial charge < -0.3 is 15.0 Å². The van der Waals surface area contributed by atoms with Crippen molar-refractivity contribution in [3.63, 3.8) is 0 Å². The highest BCUT2D eigenvalue weighted by molar-refractivity contribution is 7.21. The predicted molar refractivity (Wildman–Crippen MR) is 120 cm³/mol. The van der Waals surface area contributed by atoms with Crippen LogP contribution in [0.25, 0.3) is 20.8 Å². The molecular weight excluding hydrogens is 398 g/mol. The highest BCUT2D eigenvalue weighted by atomic mass is 32.1. The van der Waals surface area contributed by atoms with Crippen LogP contribution in [0.2, 0.25) is 0 Å². The van der Waals surface area contributed by atoms with Gasteiger partial charge in [0.2, 0.25) is 11.8 Å². The van der Waals surface area contributed by atoms with E-state index in [9.17, 15) is 9.59 Å². The molecule has 1 fully saturated rings. The second kappa shape index (κ2) is 8.93. The van der Waals surface area contributed by atoms with E-state index in [0.29, 0.717) is 25.9 Å². The Morgan fingerprint density at radius 1 is 1.17 bits per heavy atom. The zero-order valence-electron chi connectivity index (χ0n) is 17.2. The van der Waals surface area contributed by atoms with Gasteiger partial charge in [-0.2, -0.15) is 0 Å². The standard InChI is InChI=1S/C23H25N3O3S/c1-15-3-8-19-20(13-15)30-23(25-19)17-4-6-18(7-5-17)24-22(28)16-9-11-26(12-10-16)21(27)14-29-2/h3-8,13,16H,9-12,14H2,1-2H3,(H,24,28). The molecule has 6 nitrogen and oxygen atoms in total. The third-order valence-electron chi connectivity index (χ3n) is 5.43. The second-order valence-electron chi connectivity index (χ2n) is 7.64. The first-order valence-corrected chi connectivity index (χ1v) is 10.9. The summed E-state index contributed by atoms with van der Waals surface area (Å²) in [6.07, 6.45) is 1.34. The van der Waals surface area contributed by atoms with Crippen LogP contribution in [-0.2, 0) is 14.3 Å². The summed E-state index contributed by atoms with van der Waals surface area (Å²) in [7, 11) is 1.52. The first-order valence-electron chi connectivity index (χ1n) is 10.1. The van der Waals surface area contributed by atoms with Crippen LogP contribution in [0.3, 0.4) is 0 Å². The summed E-state index contributed by atoms with van der Waals surface area (Å²) in [5.41, 5.74) is 4.05. The van der Waals surface area contributed by atoms with Crippen molar-refractivity contribution in [1.29, 1.82) is 0 Å². The lowest BCUT2D eigenvalue weighted by Gasteiger charge is -2.31. The van der Waals surface area contributed by atoms with Crippen LogP contribution >= 0.6 is 11.3 Å². The predicted octanol–water partition coefficient (Wildman–Crippen LogP) is 4.10. The molecule has 156 valence electrons. The Labute approximate surface area is 179 Å². The fourth-order valence-electron chi connectivity index (χ4n) is 3.70. The van der Waals surface area contributed by atoms with E-state index in [-0.39, 0.29) is 24.3 Å². The van der Waals surface area contributed by atoms with Gasteiger partial charge in [-0.3, -0.25) is 9.59 Å². The Hall–Kier alpha value is -2.77. The molecule has 30 heavy (non-hydrogen) atoms. The molecule has 0 spiro atoms. The minimum absolute atomic E-state index is 0.0112. The number of likely N-dealkylation sites (tertiary alicyclic amines) is 1. The van der Waals surface area contributed by atoms with E-state index in [4.69, 9.17) is 9.72 Å². The minimum Gasteiger partial charge on any atom is -0.375 e. The van der Waals surface area contributed by atoms with Gasteiger partial charge in [0.25, 0.3) is 0 Å². The van der Waals surface area contributed by atoms with Crippen molar-refractivity contribution in [3.8, 4) is 10.6 Å². The first kappa shape index (κ1) is 20.5. The van der Waals surface area contributed by atoms with Crippen molar-refractivity contribution in [3.05, 3.63) is 48.0 Å². The number of nitrogens with zero attached hydrogens (tertiary/aromatic N) is 2. The van der Waals surface area contributed by atoms with Gasteiger partial charge in [0.05, 0.1) is 10.2 Å². The summed E-state index contributed by atoms with van der Waals surface area (Å²) in [5, 5.41) is 3.98. The summed E-state index contributed by atoms with van der Waals surface area (Å²) in [6, 6.07) is 14.1. The van der Waals surface area contributed by atoms with Crippen molar-refractivity contribution in [2.24, 2.45) is 5.92 Å². The number of carbonyl (C=O) groups is 2. The van der Waals surface area contributed by atoms with Gasteiger partial charge in [0.1, 0.15) is 11.6 Å². The Kier molecular flexibility index (Phi) is 6.11. The Bertz CT molecular complexity index is 1050. The monoisotopic (exact) mass is 423 g/mol. The zero-order chi connectivity index (χ0) is 21.1. The normalized spacial score (nSPS) is 14.8. The van der Waals surface area contributed by atoms with Crippen molar-refractivity contribution in [2.45, 2.75) is 19.8 Å². The Balaban J connectivity index is 1.36. The van der Waals surface area contributed by atoms with E-state index in [1.165, 1.54) is 17.4 Å². The third kappa shape index (κ3) is 4.52. The molecule has 2 aromatic carbocycles. The molecule has 0 bridgehead atoms. The van der Waals surface area contributed by atoms with Gasteiger partial charge in [0.15, 0.2) is 0 Å². The van der Waals surface area contributed by atoms with Crippen LogP contribution in [0.15, 0.2) is 42.5 Å². The number of amides is 2. The number of thiazole rings is 1. The lowest BCUT2D eigenvalue weighted by atomic mass is 9.95. The molecule has 0 saturated carbocycles. The number of fused-ring (bicyclic) bond motifs is 1. The SMILES string of the molecule is COCC(=O)N1CCC(C(=O)Nc2ccc(-c3nc4ccc(C)cc4s3)cc2)CC1. The number of nitrogens with one attached hydrogen (secondary N) is 1. The van der Waals surface area contributed by atoms with E-state index in [1.807, 2.05) is 30.3 Å². The topological polar surface area (TPSA) is 71.5 Å². The maximum Gasteiger partial charge on any atom is 0.248 e. The lowest BCUT2D eigenvalue weighted by Crippen LogP contribution is -2.42. The number of hydrogen-bond acceptors (Lipinski definition) is 5. The van der Waals surface area contributed by atoms with E-state index in [1.54, 1.807) is 16.2 Å². The average Bonchev–Trinajstić information content (AvgIpc) is 3.17. The smallest absolute Gasteiger partial charge is 0.248 e. The highest BCUT2D eigenvalue weighted by Crippen LogP contribution is 2.31. The van der Waals surface area contributed by atoms with E-state index < -0.39 is 0 Å². The van der Waals surface area contributed by atoms with E-state index >= 15 is 0 Å². The quantitative estimate of drug-likeness (QED) is 0.671. The summed E-state index contributed by atoms with van der Waals surface area (Å²) < 4.78 is 6.08. The van der Waals surface area contributed by atoms with Gasteiger partial charge in [-0.15, -0.1) is 11.3 Å². The van der Waals surface area contributed by atoms with Crippen molar-refractivity contribution in [1.82, 2.24) is 9.88 Å².